The summed E-state index contributed by atoms with van der Waals surface area (Å²) in [5.74, 6) is -0.617. The molecular weight excluding hydrogens is 553 g/mol. The summed E-state index contributed by atoms with van der Waals surface area (Å²) in [6.07, 6.45) is -5.69. The Labute approximate surface area is 227 Å². The number of hydrogen-bond donors (Lipinski definition) is 2. The molecule has 1 heterocycles. The maximum Gasteiger partial charge on any atom is 0.419 e. The Hall–Kier alpha value is -3.87. The van der Waals surface area contributed by atoms with Gasteiger partial charge in [0.15, 0.2) is 0 Å². The Morgan fingerprint density at radius 3 is 2.41 bits per heavy atom. The Morgan fingerprint density at radius 1 is 1.03 bits per heavy atom. The number of thiophene rings is 1. The smallest absolute Gasteiger partial charge is 0.419 e. The molecule has 0 saturated heterocycles. The zero-order valence-electron chi connectivity index (χ0n) is 20.4. The van der Waals surface area contributed by atoms with Gasteiger partial charge in [-0.05, 0) is 72.0 Å². The molecule has 12 heteroatoms. The zero-order valence-corrected chi connectivity index (χ0v) is 22.1. The molecule has 7 nitrogen and oxygen atoms in total. The Kier molecular flexibility index (Phi) is 8.28. The fourth-order valence-corrected chi connectivity index (χ4v) is 5.10. The van der Waals surface area contributed by atoms with Gasteiger partial charge in [0.1, 0.15) is 23.4 Å². The van der Waals surface area contributed by atoms with Crippen molar-refractivity contribution in [3.8, 4) is 17.2 Å². The molecule has 1 unspecified atom stereocenters. The van der Waals surface area contributed by atoms with Crippen LogP contribution in [0.4, 0.5) is 13.2 Å². The SMILES string of the molecule is CC(Oc1ccc(C(=O)NS(=O)(=O)c2ccc(CN)cc2)cc1C(F)(F)F)c1cccc(Oc2ccsc2)c1. The highest BCUT2D eigenvalue weighted by Gasteiger charge is 2.36. The van der Waals surface area contributed by atoms with E-state index < -0.39 is 45.1 Å². The van der Waals surface area contributed by atoms with Crippen LogP contribution in [0, 0.1) is 0 Å². The van der Waals surface area contributed by atoms with Crippen LogP contribution in [0.25, 0.3) is 0 Å². The highest BCUT2D eigenvalue weighted by atomic mass is 32.2. The lowest BCUT2D eigenvalue weighted by Gasteiger charge is -2.20. The van der Waals surface area contributed by atoms with Gasteiger partial charge in [0.25, 0.3) is 15.9 Å². The van der Waals surface area contributed by atoms with Crippen molar-refractivity contribution in [3.05, 3.63) is 106 Å². The largest absolute Gasteiger partial charge is 0.485 e. The number of nitrogens with two attached hydrogens (primary N) is 1. The monoisotopic (exact) mass is 576 g/mol. The first-order valence-electron chi connectivity index (χ1n) is 11.5. The molecule has 4 aromatic rings. The summed E-state index contributed by atoms with van der Waals surface area (Å²) in [6, 6.07) is 16.6. The van der Waals surface area contributed by atoms with Crippen LogP contribution in [0.3, 0.4) is 0 Å². The number of sulfonamides is 1. The lowest BCUT2D eigenvalue weighted by molar-refractivity contribution is -0.139. The molecule has 0 aliphatic heterocycles. The van der Waals surface area contributed by atoms with Gasteiger partial charge in [-0.2, -0.15) is 13.2 Å². The van der Waals surface area contributed by atoms with Gasteiger partial charge in [0.2, 0.25) is 0 Å². The first kappa shape index (κ1) is 28.1. The number of nitrogens with one attached hydrogen (secondary N) is 1. The molecule has 0 aliphatic rings. The summed E-state index contributed by atoms with van der Waals surface area (Å²) in [5, 5.41) is 3.66. The van der Waals surface area contributed by atoms with E-state index in [1.807, 2.05) is 10.8 Å². The topological polar surface area (TPSA) is 108 Å². The maximum absolute atomic E-state index is 13.9. The van der Waals surface area contributed by atoms with Gasteiger partial charge >= 0.3 is 6.18 Å². The first-order valence-corrected chi connectivity index (χ1v) is 13.9. The van der Waals surface area contributed by atoms with Crippen LogP contribution in [0.1, 0.15) is 40.1 Å². The van der Waals surface area contributed by atoms with Crippen molar-refractivity contribution >= 4 is 27.3 Å². The van der Waals surface area contributed by atoms with Crippen molar-refractivity contribution in [2.24, 2.45) is 5.73 Å². The van der Waals surface area contributed by atoms with Crippen LogP contribution in [0.2, 0.25) is 0 Å². The van der Waals surface area contributed by atoms with Gasteiger partial charge in [-0.3, -0.25) is 4.79 Å². The van der Waals surface area contributed by atoms with Crippen molar-refractivity contribution in [2.45, 2.75) is 30.6 Å². The van der Waals surface area contributed by atoms with Crippen molar-refractivity contribution in [1.29, 1.82) is 0 Å². The van der Waals surface area contributed by atoms with E-state index in [4.69, 9.17) is 15.2 Å². The predicted molar refractivity (Wildman–Crippen MR) is 140 cm³/mol. The van der Waals surface area contributed by atoms with Gasteiger partial charge in [-0.25, -0.2) is 13.1 Å². The summed E-state index contributed by atoms with van der Waals surface area (Å²) in [5.41, 5.74) is 4.99. The second-order valence-electron chi connectivity index (χ2n) is 8.39. The summed E-state index contributed by atoms with van der Waals surface area (Å²) in [7, 11) is -4.33. The molecule has 1 atom stereocenters. The van der Waals surface area contributed by atoms with E-state index >= 15 is 0 Å². The van der Waals surface area contributed by atoms with E-state index in [0.717, 1.165) is 12.1 Å². The van der Waals surface area contributed by atoms with Crippen LogP contribution in [-0.2, 0) is 22.7 Å². The van der Waals surface area contributed by atoms with Crippen molar-refractivity contribution in [2.75, 3.05) is 0 Å². The van der Waals surface area contributed by atoms with Crippen molar-refractivity contribution in [1.82, 2.24) is 4.72 Å². The molecule has 3 N–H and O–H groups in total. The van der Waals surface area contributed by atoms with Crippen LogP contribution in [0.15, 0.2) is 88.5 Å². The standard InChI is InChI=1S/C27H23F3N2O5S2/c1-17(19-3-2-4-21(13-19)37-22-11-12-38-16-22)36-25-10-7-20(14-24(25)27(28,29)30)26(33)32-39(34,35)23-8-5-18(15-31)6-9-23/h2-14,16-17H,15,31H2,1H3,(H,32,33). The zero-order chi connectivity index (χ0) is 28.2. The van der Waals surface area contributed by atoms with E-state index in [-0.39, 0.29) is 11.4 Å². The molecule has 1 amide bonds. The van der Waals surface area contributed by atoms with Gasteiger partial charge in [-0.15, -0.1) is 11.3 Å². The minimum atomic E-state index is -4.88. The van der Waals surface area contributed by atoms with Crippen LogP contribution < -0.4 is 19.9 Å². The fraction of sp³-hybridized carbons (Fsp3) is 0.148. The first-order chi connectivity index (χ1) is 18.5. The Bertz CT molecular complexity index is 1560. The quantitative estimate of drug-likeness (QED) is 0.243. The predicted octanol–water partition coefficient (Wildman–Crippen LogP) is 6.28. The number of benzene rings is 3. The average Bonchev–Trinajstić information content (AvgIpc) is 3.41. The number of amides is 1. The number of carbonyl (C=O) groups is 1. The third-order valence-electron chi connectivity index (χ3n) is 5.61. The average molecular weight is 577 g/mol. The molecule has 0 aliphatic carbocycles. The summed E-state index contributed by atoms with van der Waals surface area (Å²) in [4.78, 5) is 12.4. The van der Waals surface area contributed by atoms with E-state index in [1.165, 1.54) is 35.6 Å². The number of hydrogen-bond acceptors (Lipinski definition) is 7. The second kappa shape index (κ2) is 11.5. The van der Waals surface area contributed by atoms with Crippen molar-refractivity contribution < 1.29 is 35.9 Å². The lowest BCUT2D eigenvalue weighted by atomic mass is 10.1. The molecule has 1 aromatic heterocycles. The number of carbonyl (C=O) groups excluding carboxylic acids is 1. The minimum absolute atomic E-state index is 0.189. The molecule has 0 fully saturated rings. The molecule has 0 saturated carbocycles. The van der Waals surface area contributed by atoms with Crippen LogP contribution in [-0.4, -0.2) is 14.3 Å². The third-order valence-corrected chi connectivity index (χ3v) is 7.61. The highest BCUT2D eigenvalue weighted by Crippen LogP contribution is 2.39. The second-order valence-corrected chi connectivity index (χ2v) is 10.8. The number of alkyl halides is 3. The van der Waals surface area contributed by atoms with Crippen LogP contribution >= 0.6 is 11.3 Å². The Balaban J connectivity index is 1.54. The fourth-order valence-electron chi connectivity index (χ4n) is 3.58. The molecule has 204 valence electrons. The molecule has 0 bridgehead atoms. The molecule has 3 aromatic carbocycles. The number of rotatable bonds is 9. The molecule has 0 spiro atoms. The molecule has 39 heavy (non-hydrogen) atoms. The summed E-state index contributed by atoms with van der Waals surface area (Å²) >= 11 is 1.46. The van der Waals surface area contributed by atoms with E-state index in [1.54, 1.807) is 42.0 Å². The highest BCUT2D eigenvalue weighted by molar-refractivity contribution is 7.90. The van der Waals surface area contributed by atoms with Gasteiger partial charge in [0, 0.05) is 17.5 Å². The third kappa shape index (κ3) is 6.96. The van der Waals surface area contributed by atoms with Gasteiger partial charge in [-0.1, -0.05) is 24.3 Å². The van der Waals surface area contributed by atoms with E-state index in [2.05, 4.69) is 0 Å². The number of halogens is 3. The molecule has 0 radical (unpaired) electrons. The summed E-state index contributed by atoms with van der Waals surface area (Å²) in [6.45, 7) is 1.77. The lowest BCUT2D eigenvalue weighted by Crippen LogP contribution is -2.30. The van der Waals surface area contributed by atoms with Gasteiger partial charge in [0.05, 0.1) is 10.5 Å². The van der Waals surface area contributed by atoms with Gasteiger partial charge < -0.3 is 15.2 Å². The number of ether oxygens (including phenoxy) is 2. The molecule has 4 rings (SSSR count). The molecular formula is C27H23F3N2O5S2. The minimum Gasteiger partial charge on any atom is -0.485 e. The Morgan fingerprint density at radius 2 is 1.77 bits per heavy atom. The maximum atomic E-state index is 13.9. The van der Waals surface area contributed by atoms with Crippen molar-refractivity contribution in [3.63, 3.8) is 0 Å². The normalized spacial score (nSPS) is 12.5. The van der Waals surface area contributed by atoms with Crippen LogP contribution in [0.5, 0.6) is 17.2 Å². The van der Waals surface area contributed by atoms with E-state index in [0.29, 0.717) is 28.7 Å². The summed E-state index contributed by atoms with van der Waals surface area (Å²) < 4.78 is 80.1. The van der Waals surface area contributed by atoms with E-state index in [9.17, 15) is 26.4 Å².